The van der Waals surface area contributed by atoms with Gasteiger partial charge in [0, 0.05) is 28.7 Å². The molecule has 37 heavy (non-hydrogen) atoms. The van der Waals surface area contributed by atoms with Crippen LogP contribution in [0.4, 0.5) is 11.4 Å². The molecule has 2 heterocycles. The summed E-state index contributed by atoms with van der Waals surface area (Å²) in [7, 11) is 0. The number of nitrogens with one attached hydrogen (secondary N) is 2. The minimum absolute atomic E-state index is 0.111. The molecule has 0 spiro atoms. The number of amides is 3. The zero-order valence-corrected chi connectivity index (χ0v) is 22.1. The van der Waals surface area contributed by atoms with E-state index in [0.717, 1.165) is 16.8 Å². The van der Waals surface area contributed by atoms with Crippen LogP contribution in [0, 0.1) is 0 Å². The van der Waals surface area contributed by atoms with Gasteiger partial charge in [-0.25, -0.2) is 4.68 Å². The van der Waals surface area contributed by atoms with E-state index in [1.807, 2.05) is 62.5 Å². The van der Waals surface area contributed by atoms with E-state index in [4.69, 9.17) is 0 Å². The third kappa shape index (κ3) is 6.03. The van der Waals surface area contributed by atoms with Crippen LogP contribution in [0.1, 0.15) is 45.0 Å². The maximum absolute atomic E-state index is 14.0. The van der Waals surface area contributed by atoms with E-state index in [9.17, 15) is 14.4 Å². The number of thiophene rings is 1. The van der Waals surface area contributed by atoms with Crippen LogP contribution in [-0.2, 0) is 20.9 Å². The highest BCUT2D eigenvalue weighted by Gasteiger charge is 2.36. The average Bonchev–Trinajstić information content (AvgIpc) is 3.53. The number of fused-ring (bicyclic) bond motifs is 1. The van der Waals surface area contributed by atoms with Gasteiger partial charge < -0.3 is 10.6 Å². The van der Waals surface area contributed by atoms with Gasteiger partial charge in [0.15, 0.2) is 0 Å². The second-order valence-electron chi connectivity index (χ2n) is 9.37. The number of anilines is 2. The van der Waals surface area contributed by atoms with Crippen LogP contribution in [0.5, 0.6) is 0 Å². The van der Waals surface area contributed by atoms with Crippen molar-refractivity contribution in [2.75, 3.05) is 10.2 Å². The van der Waals surface area contributed by atoms with E-state index >= 15 is 0 Å². The Bertz CT molecular complexity index is 1400. The number of carbonyl (C=O) groups excluding carboxylic acids is 3. The minimum atomic E-state index is -0.903. The first kappa shape index (κ1) is 26.0. The lowest BCUT2D eigenvalue weighted by molar-refractivity contribution is -0.128. The van der Waals surface area contributed by atoms with Crippen LogP contribution in [-0.4, -0.2) is 38.3 Å². The van der Waals surface area contributed by atoms with Gasteiger partial charge in [-0.05, 0) is 68.1 Å². The smallest absolute Gasteiger partial charge is 0.249 e. The molecule has 0 fully saturated rings. The molecule has 10 heteroatoms. The molecule has 3 amide bonds. The SMILES string of the molecule is CCC(C)(C)NC(=O)[C@H](c1cccs1)N(C(=O)Cn1nnc2ccccc21)c1ccc(NC(C)=O)cc1. The first-order valence-corrected chi connectivity index (χ1v) is 12.9. The van der Waals surface area contributed by atoms with Crippen LogP contribution in [0.2, 0.25) is 0 Å². The molecule has 0 bridgehead atoms. The monoisotopic (exact) mass is 518 g/mol. The fraction of sp³-hybridized carbons (Fsp3) is 0.296. The number of benzene rings is 2. The highest BCUT2D eigenvalue weighted by molar-refractivity contribution is 7.10. The summed E-state index contributed by atoms with van der Waals surface area (Å²) in [5.41, 5.74) is 2.06. The number of hydrogen-bond donors (Lipinski definition) is 2. The third-order valence-electron chi connectivity index (χ3n) is 6.10. The van der Waals surface area contributed by atoms with Crippen molar-refractivity contribution in [3.8, 4) is 0 Å². The molecule has 2 aromatic heterocycles. The summed E-state index contributed by atoms with van der Waals surface area (Å²) in [6, 6.07) is 17.1. The molecule has 2 N–H and O–H groups in total. The van der Waals surface area contributed by atoms with Gasteiger partial charge in [0.1, 0.15) is 18.1 Å². The predicted molar refractivity (Wildman–Crippen MR) is 145 cm³/mol. The standard InChI is InChI=1S/C27H30N6O3S/c1-5-27(3,4)29-26(36)25(23-11-8-16-37-23)33(20-14-12-19(13-15-20)28-18(2)34)24(35)17-32-22-10-7-6-9-21(22)30-31-32/h6-16,25H,5,17H2,1-4H3,(H,28,34)(H,29,36)/t25-/m0/s1. The molecular weight excluding hydrogens is 488 g/mol. The van der Waals surface area contributed by atoms with Crippen molar-refractivity contribution in [2.45, 2.75) is 52.2 Å². The van der Waals surface area contributed by atoms with Crippen molar-refractivity contribution in [3.05, 3.63) is 70.9 Å². The largest absolute Gasteiger partial charge is 0.349 e. The molecule has 1 atom stereocenters. The molecule has 0 unspecified atom stereocenters. The van der Waals surface area contributed by atoms with Gasteiger partial charge >= 0.3 is 0 Å². The highest BCUT2D eigenvalue weighted by Crippen LogP contribution is 2.32. The van der Waals surface area contributed by atoms with Gasteiger partial charge in [0.2, 0.25) is 17.7 Å². The van der Waals surface area contributed by atoms with Gasteiger partial charge in [-0.3, -0.25) is 19.3 Å². The summed E-state index contributed by atoms with van der Waals surface area (Å²) in [6.07, 6.45) is 0.722. The molecule has 0 aliphatic carbocycles. The molecule has 4 aromatic rings. The van der Waals surface area contributed by atoms with Crippen molar-refractivity contribution < 1.29 is 14.4 Å². The van der Waals surface area contributed by atoms with Gasteiger partial charge in [-0.2, -0.15) is 0 Å². The number of para-hydroxylation sites is 1. The number of aromatic nitrogens is 3. The Morgan fingerprint density at radius 3 is 2.43 bits per heavy atom. The fourth-order valence-corrected chi connectivity index (χ4v) is 4.71. The van der Waals surface area contributed by atoms with Crippen molar-refractivity contribution in [1.82, 2.24) is 20.3 Å². The Labute approximate surface area is 219 Å². The first-order valence-electron chi connectivity index (χ1n) is 12.0. The molecule has 2 aromatic carbocycles. The molecule has 192 valence electrons. The summed E-state index contributed by atoms with van der Waals surface area (Å²) in [6.45, 7) is 7.22. The minimum Gasteiger partial charge on any atom is -0.349 e. The Balaban J connectivity index is 1.77. The second kappa shape index (κ2) is 10.9. The Morgan fingerprint density at radius 1 is 1.05 bits per heavy atom. The summed E-state index contributed by atoms with van der Waals surface area (Å²) in [5.74, 6) is -0.806. The summed E-state index contributed by atoms with van der Waals surface area (Å²) < 4.78 is 1.54. The van der Waals surface area contributed by atoms with Crippen LogP contribution in [0.3, 0.4) is 0 Å². The normalized spacial score (nSPS) is 12.2. The van der Waals surface area contributed by atoms with Gasteiger partial charge in [-0.15, -0.1) is 16.4 Å². The van der Waals surface area contributed by atoms with Crippen LogP contribution in [0.15, 0.2) is 66.0 Å². The maximum atomic E-state index is 14.0. The third-order valence-corrected chi connectivity index (χ3v) is 7.03. The Kier molecular flexibility index (Phi) is 7.68. The van der Waals surface area contributed by atoms with Crippen molar-refractivity contribution in [1.29, 1.82) is 0 Å². The number of rotatable bonds is 9. The number of nitrogens with zero attached hydrogens (tertiary/aromatic N) is 4. The highest BCUT2D eigenvalue weighted by atomic mass is 32.1. The van der Waals surface area contributed by atoms with E-state index in [2.05, 4.69) is 20.9 Å². The van der Waals surface area contributed by atoms with Crippen molar-refractivity contribution in [2.24, 2.45) is 0 Å². The maximum Gasteiger partial charge on any atom is 0.249 e. The molecule has 0 saturated carbocycles. The first-order chi connectivity index (χ1) is 17.7. The molecule has 0 aliphatic rings. The zero-order valence-electron chi connectivity index (χ0n) is 21.3. The Hall–Kier alpha value is -4.05. The fourth-order valence-electron chi connectivity index (χ4n) is 3.89. The summed E-state index contributed by atoms with van der Waals surface area (Å²) in [5, 5.41) is 16.1. The van der Waals surface area contributed by atoms with Gasteiger partial charge in [0.25, 0.3) is 0 Å². The predicted octanol–water partition coefficient (Wildman–Crippen LogP) is 4.53. The van der Waals surface area contributed by atoms with Crippen LogP contribution >= 0.6 is 11.3 Å². The lowest BCUT2D eigenvalue weighted by Gasteiger charge is -2.34. The lowest BCUT2D eigenvalue weighted by atomic mass is 10.0. The quantitative estimate of drug-likeness (QED) is 0.338. The molecule has 0 aliphatic heterocycles. The number of carbonyl (C=O) groups is 3. The van der Waals surface area contributed by atoms with E-state index in [-0.39, 0.29) is 24.3 Å². The van der Waals surface area contributed by atoms with E-state index in [1.165, 1.54) is 27.8 Å². The van der Waals surface area contributed by atoms with Gasteiger partial charge in [-0.1, -0.05) is 30.3 Å². The van der Waals surface area contributed by atoms with Gasteiger partial charge in [0.05, 0.1) is 5.52 Å². The lowest BCUT2D eigenvalue weighted by Crippen LogP contribution is -2.50. The molecule has 9 nitrogen and oxygen atoms in total. The van der Waals surface area contributed by atoms with E-state index in [0.29, 0.717) is 16.9 Å². The van der Waals surface area contributed by atoms with E-state index < -0.39 is 11.6 Å². The molecule has 4 rings (SSSR count). The van der Waals surface area contributed by atoms with Crippen molar-refractivity contribution in [3.63, 3.8) is 0 Å². The average molecular weight is 519 g/mol. The van der Waals surface area contributed by atoms with E-state index in [1.54, 1.807) is 24.3 Å². The Morgan fingerprint density at radius 2 is 1.78 bits per heavy atom. The molecule has 0 saturated heterocycles. The molecular formula is C27H30N6O3S. The van der Waals surface area contributed by atoms with Crippen molar-refractivity contribution >= 4 is 51.5 Å². The zero-order chi connectivity index (χ0) is 26.6. The van der Waals surface area contributed by atoms with Crippen LogP contribution in [0.25, 0.3) is 11.0 Å². The second-order valence-corrected chi connectivity index (χ2v) is 10.4. The summed E-state index contributed by atoms with van der Waals surface area (Å²) >= 11 is 1.41. The topological polar surface area (TPSA) is 109 Å². The van der Waals surface area contributed by atoms with Crippen LogP contribution < -0.4 is 15.5 Å². The summed E-state index contributed by atoms with van der Waals surface area (Å²) in [4.78, 5) is 41.5. The molecule has 0 radical (unpaired) electrons. The number of hydrogen-bond acceptors (Lipinski definition) is 6.